The van der Waals surface area contributed by atoms with E-state index in [9.17, 15) is 14.0 Å². The first-order valence-corrected chi connectivity index (χ1v) is 7.47. The molecule has 1 aromatic carbocycles. The average Bonchev–Trinajstić information content (AvgIpc) is 2.55. The molecule has 2 heterocycles. The summed E-state index contributed by atoms with van der Waals surface area (Å²) in [5.74, 6) is -0.511. The van der Waals surface area contributed by atoms with E-state index in [0.29, 0.717) is 43.1 Å². The number of hydrogen-bond acceptors (Lipinski definition) is 3. The molecule has 1 fully saturated rings. The molecule has 0 bridgehead atoms. The zero-order valence-corrected chi connectivity index (χ0v) is 12.8. The Morgan fingerprint density at radius 3 is 2.57 bits per heavy atom. The topological polar surface area (TPSA) is 70.7 Å². The highest BCUT2D eigenvalue weighted by Crippen LogP contribution is 2.28. The van der Waals surface area contributed by atoms with Crippen molar-refractivity contribution in [2.24, 2.45) is 0 Å². The Morgan fingerprint density at radius 1 is 1.26 bits per heavy atom. The highest BCUT2D eigenvalue weighted by molar-refractivity contribution is 5.98. The molecule has 0 saturated carbocycles. The van der Waals surface area contributed by atoms with Crippen LogP contribution in [0.5, 0.6) is 0 Å². The zero-order valence-electron chi connectivity index (χ0n) is 12.8. The fourth-order valence-electron chi connectivity index (χ4n) is 2.82. The van der Waals surface area contributed by atoms with Crippen molar-refractivity contribution in [2.45, 2.75) is 13.0 Å². The van der Waals surface area contributed by atoms with E-state index in [4.69, 9.17) is 4.74 Å². The van der Waals surface area contributed by atoms with Gasteiger partial charge in [-0.25, -0.2) is 9.18 Å². The first kappa shape index (κ1) is 15.5. The normalized spacial score (nSPS) is 21.7. The lowest BCUT2D eigenvalue weighted by molar-refractivity contribution is -0.131. The van der Waals surface area contributed by atoms with E-state index in [-0.39, 0.29) is 17.8 Å². The molecule has 1 aromatic rings. The molecule has 122 valence electrons. The van der Waals surface area contributed by atoms with Gasteiger partial charge in [-0.1, -0.05) is 12.1 Å². The molecule has 0 radical (unpaired) electrons. The van der Waals surface area contributed by atoms with Gasteiger partial charge in [0.1, 0.15) is 5.82 Å². The highest BCUT2D eigenvalue weighted by Gasteiger charge is 2.34. The number of urea groups is 1. The van der Waals surface area contributed by atoms with Gasteiger partial charge in [-0.15, -0.1) is 0 Å². The molecule has 0 aliphatic carbocycles. The molecular formula is C16H18FN3O3. The smallest absolute Gasteiger partial charge is 0.319 e. The third-order valence-corrected chi connectivity index (χ3v) is 4.00. The second-order valence-electron chi connectivity index (χ2n) is 5.53. The predicted octanol–water partition coefficient (Wildman–Crippen LogP) is 1.31. The van der Waals surface area contributed by atoms with Crippen molar-refractivity contribution < 1.29 is 18.7 Å². The second kappa shape index (κ2) is 6.37. The van der Waals surface area contributed by atoms with Crippen molar-refractivity contribution >= 4 is 11.9 Å². The van der Waals surface area contributed by atoms with Crippen LogP contribution in [0.2, 0.25) is 0 Å². The standard InChI is InChI=1S/C16H18FN3O3/c1-10-13(15(21)20-6-8-23-9-7-20)14(19-16(22)18-10)11-2-4-12(17)5-3-11/h2-5,14H,6-9H2,1H3,(H2,18,19,22)/t14-/m0/s1. The molecule has 6 nitrogen and oxygen atoms in total. The Labute approximate surface area is 133 Å². The molecular weight excluding hydrogens is 301 g/mol. The van der Waals surface area contributed by atoms with Gasteiger partial charge in [-0.05, 0) is 24.6 Å². The Bertz CT molecular complexity index is 651. The van der Waals surface area contributed by atoms with Crippen LogP contribution in [-0.2, 0) is 9.53 Å². The van der Waals surface area contributed by atoms with E-state index in [1.54, 1.807) is 24.0 Å². The van der Waals surface area contributed by atoms with E-state index < -0.39 is 6.04 Å². The third-order valence-electron chi connectivity index (χ3n) is 4.00. The monoisotopic (exact) mass is 319 g/mol. The van der Waals surface area contributed by atoms with Gasteiger partial charge >= 0.3 is 6.03 Å². The second-order valence-corrected chi connectivity index (χ2v) is 5.53. The number of ether oxygens (including phenoxy) is 1. The van der Waals surface area contributed by atoms with Gasteiger partial charge in [0.15, 0.2) is 0 Å². The number of benzene rings is 1. The summed E-state index contributed by atoms with van der Waals surface area (Å²) >= 11 is 0. The molecule has 3 amide bonds. The largest absolute Gasteiger partial charge is 0.378 e. The van der Waals surface area contributed by atoms with Crippen LogP contribution in [0.1, 0.15) is 18.5 Å². The minimum Gasteiger partial charge on any atom is -0.378 e. The van der Waals surface area contributed by atoms with E-state index in [2.05, 4.69) is 10.6 Å². The van der Waals surface area contributed by atoms with Gasteiger partial charge in [0.05, 0.1) is 24.8 Å². The van der Waals surface area contributed by atoms with Crippen LogP contribution < -0.4 is 10.6 Å². The van der Waals surface area contributed by atoms with E-state index in [1.807, 2.05) is 0 Å². The lowest BCUT2D eigenvalue weighted by Crippen LogP contribution is -2.49. The Balaban J connectivity index is 1.95. The number of nitrogens with one attached hydrogen (secondary N) is 2. The maximum Gasteiger partial charge on any atom is 0.319 e. The molecule has 2 N–H and O–H groups in total. The van der Waals surface area contributed by atoms with Crippen LogP contribution >= 0.6 is 0 Å². The summed E-state index contributed by atoms with van der Waals surface area (Å²) in [5, 5.41) is 5.38. The summed E-state index contributed by atoms with van der Waals surface area (Å²) in [6, 6.07) is 4.80. The molecule has 7 heteroatoms. The van der Waals surface area contributed by atoms with Crippen LogP contribution in [0, 0.1) is 5.82 Å². The van der Waals surface area contributed by atoms with Gasteiger partial charge in [-0.3, -0.25) is 4.79 Å². The molecule has 2 aliphatic heterocycles. The Kier molecular flexibility index (Phi) is 4.29. The highest BCUT2D eigenvalue weighted by atomic mass is 19.1. The Morgan fingerprint density at radius 2 is 1.91 bits per heavy atom. The number of nitrogens with zero attached hydrogens (tertiary/aromatic N) is 1. The zero-order chi connectivity index (χ0) is 16.4. The fraction of sp³-hybridized carbons (Fsp3) is 0.375. The molecule has 2 aliphatic rings. The minimum atomic E-state index is -0.598. The number of morpholine rings is 1. The number of allylic oxidation sites excluding steroid dienone is 1. The van der Waals surface area contributed by atoms with Gasteiger partial charge in [0.2, 0.25) is 0 Å². The van der Waals surface area contributed by atoms with E-state index in [0.717, 1.165) is 0 Å². The summed E-state index contributed by atoms with van der Waals surface area (Å²) in [6.07, 6.45) is 0. The van der Waals surface area contributed by atoms with Gasteiger partial charge in [-0.2, -0.15) is 0 Å². The van der Waals surface area contributed by atoms with Crippen molar-refractivity contribution in [3.63, 3.8) is 0 Å². The molecule has 1 atom stereocenters. The lowest BCUT2D eigenvalue weighted by Gasteiger charge is -2.33. The summed E-state index contributed by atoms with van der Waals surface area (Å²) in [4.78, 5) is 26.4. The number of amides is 3. The van der Waals surface area contributed by atoms with Crippen molar-refractivity contribution in [1.29, 1.82) is 0 Å². The van der Waals surface area contributed by atoms with E-state index >= 15 is 0 Å². The maximum absolute atomic E-state index is 13.2. The van der Waals surface area contributed by atoms with Crippen LogP contribution in [0.15, 0.2) is 35.5 Å². The summed E-state index contributed by atoms with van der Waals surface area (Å²) < 4.78 is 18.4. The number of halogens is 1. The Hall–Kier alpha value is -2.41. The van der Waals surface area contributed by atoms with Crippen LogP contribution in [-0.4, -0.2) is 43.1 Å². The SMILES string of the molecule is CC1=C(C(=O)N2CCOCC2)[C@H](c2ccc(F)cc2)NC(=O)N1. The first-order valence-electron chi connectivity index (χ1n) is 7.47. The maximum atomic E-state index is 13.2. The molecule has 0 unspecified atom stereocenters. The first-order chi connectivity index (χ1) is 11.1. The van der Waals surface area contributed by atoms with Gasteiger partial charge < -0.3 is 20.3 Å². The van der Waals surface area contributed by atoms with Gasteiger partial charge in [0.25, 0.3) is 5.91 Å². The summed E-state index contributed by atoms with van der Waals surface area (Å²) in [7, 11) is 0. The van der Waals surface area contributed by atoms with Crippen molar-refractivity contribution in [3.05, 3.63) is 46.9 Å². The van der Waals surface area contributed by atoms with Crippen LogP contribution in [0.4, 0.5) is 9.18 Å². The summed E-state index contributed by atoms with van der Waals surface area (Å²) in [5.41, 5.74) is 1.65. The fourth-order valence-corrected chi connectivity index (χ4v) is 2.82. The van der Waals surface area contributed by atoms with E-state index in [1.165, 1.54) is 12.1 Å². The van der Waals surface area contributed by atoms with Crippen molar-refractivity contribution in [2.75, 3.05) is 26.3 Å². The molecule has 3 rings (SSSR count). The van der Waals surface area contributed by atoms with Crippen molar-refractivity contribution in [1.82, 2.24) is 15.5 Å². The molecule has 0 aromatic heterocycles. The lowest BCUT2D eigenvalue weighted by atomic mass is 9.94. The van der Waals surface area contributed by atoms with Crippen LogP contribution in [0.25, 0.3) is 0 Å². The predicted molar refractivity (Wildman–Crippen MR) is 80.9 cm³/mol. The number of carbonyl (C=O) groups excluding carboxylic acids is 2. The molecule has 23 heavy (non-hydrogen) atoms. The molecule has 1 saturated heterocycles. The number of hydrogen-bond donors (Lipinski definition) is 2. The average molecular weight is 319 g/mol. The minimum absolute atomic E-state index is 0.146. The number of carbonyl (C=O) groups is 2. The number of rotatable bonds is 2. The quantitative estimate of drug-likeness (QED) is 0.863. The summed E-state index contributed by atoms with van der Waals surface area (Å²) in [6.45, 7) is 3.72. The van der Waals surface area contributed by atoms with Gasteiger partial charge in [0, 0.05) is 18.8 Å². The third kappa shape index (κ3) is 3.19. The molecule has 0 spiro atoms. The van der Waals surface area contributed by atoms with Crippen molar-refractivity contribution in [3.8, 4) is 0 Å². The van der Waals surface area contributed by atoms with Crippen LogP contribution in [0.3, 0.4) is 0 Å².